The molecule has 0 saturated heterocycles. The van der Waals surface area contributed by atoms with Gasteiger partial charge >= 0.3 is 0 Å². The van der Waals surface area contributed by atoms with Gasteiger partial charge in [0.1, 0.15) is 0 Å². The van der Waals surface area contributed by atoms with Gasteiger partial charge in [0.15, 0.2) is 0 Å². The van der Waals surface area contributed by atoms with Gasteiger partial charge in [-0.15, -0.1) is 19.0 Å². The van der Waals surface area contributed by atoms with Gasteiger partial charge in [0.25, 0.3) is 0 Å². The maximum Gasteiger partial charge on any atom is 0.0211 e. The molecule has 1 rings (SSSR count). The van der Waals surface area contributed by atoms with Crippen LogP contribution in [-0.4, -0.2) is 6.54 Å². The number of hydrogen-bond donors (Lipinski definition) is 1. The van der Waals surface area contributed by atoms with Crippen LogP contribution in [0.1, 0.15) is 31.9 Å². The Balaban J connectivity index is 0.00000225. The van der Waals surface area contributed by atoms with E-state index in [0.29, 0.717) is 0 Å². The van der Waals surface area contributed by atoms with Crippen molar-refractivity contribution in [3.05, 3.63) is 48.0 Å². The summed E-state index contributed by atoms with van der Waals surface area (Å²) in [6.07, 6.45) is 1.89. The quantitative estimate of drug-likeness (QED) is 0.624. The molecule has 0 saturated carbocycles. The maximum absolute atomic E-state index is 3.70. The molecule has 0 aliphatic carbocycles. The summed E-state index contributed by atoms with van der Waals surface area (Å²) in [6.45, 7) is 12.2. The van der Waals surface area contributed by atoms with Gasteiger partial charge in [0, 0.05) is 13.1 Å². The van der Waals surface area contributed by atoms with E-state index in [0.717, 1.165) is 13.1 Å². The average molecular weight is 240 g/mol. The standard InChI is InChI=1S/C14H21N.ClH/c1-5-10-15-11-12-8-6-7-9-13(12)14(2,3)4;/h5-9,15H,1,10-11H2,2-4H3;1H. The van der Waals surface area contributed by atoms with Gasteiger partial charge in [-0.05, 0) is 16.5 Å². The Morgan fingerprint density at radius 3 is 2.44 bits per heavy atom. The normalized spacial score (nSPS) is 10.7. The van der Waals surface area contributed by atoms with Gasteiger partial charge < -0.3 is 5.32 Å². The molecule has 0 aromatic heterocycles. The topological polar surface area (TPSA) is 12.0 Å². The van der Waals surface area contributed by atoms with E-state index in [1.807, 2.05) is 6.08 Å². The molecule has 0 radical (unpaired) electrons. The molecular formula is C14H22ClN. The molecule has 16 heavy (non-hydrogen) atoms. The molecule has 1 N–H and O–H groups in total. The van der Waals surface area contributed by atoms with Gasteiger partial charge in [-0.2, -0.15) is 0 Å². The predicted octanol–water partition coefficient (Wildman–Crippen LogP) is 3.68. The van der Waals surface area contributed by atoms with Crippen molar-refractivity contribution in [2.24, 2.45) is 0 Å². The van der Waals surface area contributed by atoms with Crippen molar-refractivity contribution in [3.63, 3.8) is 0 Å². The summed E-state index contributed by atoms with van der Waals surface area (Å²) in [6, 6.07) is 8.61. The third kappa shape index (κ3) is 4.38. The summed E-state index contributed by atoms with van der Waals surface area (Å²) in [5, 5.41) is 3.35. The lowest BCUT2D eigenvalue weighted by molar-refractivity contribution is 0.577. The Labute approximate surface area is 105 Å². The lowest BCUT2D eigenvalue weighted by Gasteiger charge is -2.23. The van der Waals surface area contributed by atoms with Gasteiger partial charge in [-0.3, -0.25) is 0 Å². The van der Waals surface area contributed by atoms with Crippen LogP contribution < -0.4 is 5.32 Å². The molecule has 0 heterocycles. The molecule has 0 spiro atoms. The maximum atomic E-state index is 3.70. The van der Waals surface area contributed by atoms with Crippen LogP contribution in [0.15, 0.2) is 36.9 Å². The number of halogens is 1. The van der Waals surface area contributed by atoms with Crippen LogP contribution >= 0.6 is 12.4 Å². The highest BCUT2D eigenvalue weighted by Crippen LogP contribution is 2.25. The summed E-state index contributed by atoms with van der Waals surface area (Å²) in [5.41, 5.74) is 3.01. The fourth-order valence-corrected chi connectivity index (χ4v) is 1.72. The Kier molecular flexibility index (Phi) is 6.39. The van der Waals surface area contributed by atoms with Crippen LogP contribution in [0.3, 0.4) is 0 Å². The SMILES string of the molecule is C=CCNCc1ccccc1C(C)(C)C.Cl. The highest BCUT2D eigenvalue weighted by molar-refractivity contribution is 5.85. The first kappa shape index (κ1) is 15.2. The number of hydrogen-bond acceptors (Lipinski definition) is 1. The Bertz CT molecular complexity index is 326. The van der Waals surface area contributed by atoms with Crippen LogP contribution in [-0.2, 0) is 12.0 Å². The van der Waals surface area contributed by atoms with Crippen LogP contribution in [0.25, 0.3) is 0 Å². The fourth-order valence-electron chi connectivity index (χ4n) is 1.72. The third-order valence-electron chi connectivity index (χ3n) is 2.43. The Morgan fingerprint density at radius 1 is 1.25 bits per heavy atom. The van der Waals surface area contributed by atoms with Crippen LogP contribution in [0, 0.1) is 0 Å². The highest BCUT2D eigenvalue weighted by atomic mass is 35.5. The summed E-state index contributed by atoms with van der Waals surface area (Å²) < 4.78 is 0. The summed E-state index contributed by atoms with van der Waals surface area (Å²) >= 11 is 0. The largest absolute Gasteiger partial charge is 0.309 e. The summed E-state index contributed by atoms with van der Waals surface area (Å²) in [4.78, 5) is 0. The van der Waals surface area contributed by atoms with E-state index in [9.17, 15) is 0 Å². The first-order valence-electron chi connectivity index (χ1n) is 5.45. The van der Waals surface area contributed by atoms with Crippen molar-refractivity contribution >= 4 is 12.4 Å². The van der Waals surface area contributed by atoms with Gasteiger partial charge in [0.2, 0.25) is 0 Å². The van der Waals surface area contributed by atoms with E-state index in [1.165, 1.54) is 11.1 Å². The molecule has 0 amide bonds. The van der Waals surface area contributed by atoms with Crippen LogP contribution in [0.2, 0.25) is 0 Å². The van der Waals surface area contributed by atoms with E-state index in [2.05, 4.69) is 56.9 Å². The first-order valence-corrected chi connectivity index (χ1v) is 5.45. The third-order valence-corrected chi connectivity index (χ3v) is 2.43. The zero-order valence-electron chi connectivity index (χ0n) is 10.4. The van der Waals surface area contributed by atoms with E-state index >= 15 is 0 Å². The van der Waals surface area contributed by atoms with Crippen LogP contribution in [0.5, 0.6) is 0 Å². The smallest absolute Gasteiger partial charge is 0.0211 e. The molecule has 2 heteroatoms. The minimum atomic E-state index is 0. The monoisotopic (exact) mass is 239 g/mol. The van der Waals surface area contributed by atoms with Gasteiger partial charge in [0.05, 0.1) is 0 Å². The van der Waals surface area contributed by atoms with Crippen molar-refractivity contribution in [2.45, 2.75) is 32.7 Å². The van der Waals surface area contributed by atoms with Crippen molar-refractivity contribution in [3.8, 4) is 0 Å². The molecule has 1 aromatic rings. The van der Waals surface area contributed by atoms with Gasteiger partial charge in [-0.1, -0.05) is 51.1 Å². The first-order chi connectivity index (χ1) is 7.05. The summed E-state index contributed by atoms with van der Waals surface area (Å²) in [7, 11) is 0. The average Bonchev–Trinajstić information content (AvgIpc) is 2.17. The highest BCUT2D eigenvalue weighted by Gasteiger charge is 2.16. The second-order valence-electron chi connectivity index (χ2n) is 4.83. The molecule has 0 unspecified atom stereocenters. The Morgan fingerprint density at radius 2 is 1.88 bits per heavy atom. The lowest BCUT2D eigenvalue weighted by atomic mass is 9.84. The molecule has 0 fully saturated rings. The fraction of sp³-hybridized carbons (Fsp3) is 0.429. The van der Waals surface area contributed by atoms with Crippen molar-refractivity contribution in [2.75, 3.05) is 6.54 Å². The lowest BCUT2D eigenvalue weighted by Crippen LogP contribution is -2.19. The molecule has 0 aliphatic rings. The van der Waals surface area contributed by atoms with Crippen molar-refractivity contribution in [1.29, 1.82) is 0 Å². The Hall–Kier alpha value is -0.790. The minimum absolute atomic E-state index is 0. The molecular weight excluding hydrogens is 218 g/mol. The molecule has 0 aliphatic heterocycles. The molecule has 0 bridgehead atoms. The zero-order chi connectivity index (χ0) is 11.3. The number of rotatable bonds is 4. The molecule has 0 atom stereocenters. The van der Waals surface area contributed by atoms with Crippen molar-refractivity contribution in [1.82, 2.24) is 5.32 Å². The van der Waals surface area contributed by atoms with Gasteiger partial charge in [-0.25, -0.2) is 0 Å². The second kappa shape index (κ2) is 6.72. The predicted molar refractivity (Wildman–Crippen MR) is 74.3 cm³/mol. The second-order valence-corrected chi connectivity index (χ2v) is 4.83. The molecule has 1 aromatic carbocycles. The minimum Gasteiger partial charge on any atom is -0.309 e. The van der Waals surface area contributed by atoms with E-state index in [4.69, 9.17) is 0 Å². The van der Waals surface area contributed by atoms with E-state index in [1.54, 1.807) is 0 Å². The van der Waals surface area contributed by atoms with E-state index < -0.39 is 0 Å². The number of benzene rings is 1. The van der Waals surface area contributed by atoms with Crippen molar-refractivity contribution < 1.29 is 0 Å². The molecule has 90 valence electrons. The summed E-state index contributed by atoms with van der Waals surface area (Å²) in [5.74, 6) is 0. The van der Waals surface area contributed by atoms with Crippen LogP contribution in [0.4, 0.5) is 0 Å². The van der Waals surface area contributed by atoms with E-state index in [-0.39, 0.29) is 17.8 Å². The number of nitrogens with one attached hydrogen (secondary N) is 1. The molecule has 1 nitrogen and oxygen atoms in total. The zero-order valence-corrected chi connectivity index (χ0v) is 11.2.